The van der Waals surface area contributed by atoms with Crippen molar-refractivity contribution in [3.63, 3.8) is 0 Å². The first-order valence-corrected chi connectivity index (χ1v) is 12.5. The number of alkyl carbamates (subject to hydrolysis) is 1. The van der Waals surface area contributed by atoms with Gasteiger partial charge in [0.1, 0.15) is 17.9 Å². The number of aliphatic carboxylic acids is 1. The molecule has 0 saturated carbocycles. The lowest BCUT2D eigenvalue weighted by Crippen LogP contribution is -2.57. The summed E-state index contributed by atoms with van der Waals surface area (Å²) in [5, 5.41) is 11.5. The van der Waals surface area contributed by atoms with Gasteiger partial charge in [-0.15, -0.1) is 11.8 Å². The van der Waals surface area contributed by atoms with Gasteiger partial charge < -0.3 is 20.1 Å². The number of ether oxygens (including phenoxy) is 1. The second-order valence-electron chi connectivity index (χ2n) is 9.75. The van der Waals surface area contributed by atoms with Gasteiger partial charge in [-0.05, 0) is 27.7 Å². The van der Waals surface area contributed by atoms with Crippen molar-refractivity contribution in [1.29, 1.82) is 0 Å². The molecular weight excluding hydrogens is 452 g/mol. The Balaban J connectivity index is 1.44. The maximum absolute atomic E-state index is 13.3. The summed E-state index contributed by atoms with van der Waals surface area (Å²) >= 11 is 1.33. The normalized spacial score (nSPS) is 18.6. The third kappa shape index (κ3) is 4.92. The van der Waals surface area contributed by atoms with E-state index in [1.54, 1.807) is 0 Å². The Bertz CT molecular complexity index is 1050. The van der Waals surface area contributed by atoms with Gasteiger partial charge in [0.05, 0.1) is 0 Å². The Labute approximate surface area is 203 Å². The first-order chi connectivity index (χ1) is 16.2. The Morgan fingerprint density at radius 3 is 2.24 bits per heavy atom. The molecule has 180 valence electrons. The first kappa shape index (κ1) is 24.1. The van der Waals surface area contributed by atoms with Gasteiger partial charge >= 0.3 is 12.1 Å². The molecule has 4 rings (SSSR count). The van der Waals surface area contributed by atoms with Gasteiger partial charge in [-0.1, -0.05) is 69.3 Å². The van der Waals surface area contributed by atoms with Crippen LogP contribution in [0.1, 0.15) is 37.8 Å². The smallest absolute Gasteiger partial charge is 0.407 e. The molecule has 1 aliphatic heterocycles. The van der Waals surface area contributed by atoms with Crippen molar-refractivity contribution in [2.45, 2.75) is 38.0 Å². The quantitative estimate of drug-likeness (QED) is 0.670. The summed E-state index contributed by atoms with van der Waals surface area (Å²) in [5.41, 5.74) is 3.94. The van der Waals surface area contributed by atoms with Crippen LogP contribution >= 0.6 is 11.8 Å². The molecular formula is C26H30N2O5S. The zero-order chi connectivity index (χ0) is 24.5. The molecule has 2 amide bonds. The van der Waals surface area contributed by atoms with E-state index < -0.39 is 28.8 Å². The van der Waals surface area contributed by atoms with Gasteiger partial charge in [-0.2, -0.15) is 0 Å². The molecule has 1 unspecified atom stereocenters. The summed E-state index contributed by atoms with van der Waals surface area (Å²) in [5.74, 6) is -0.742. The summed E-state index contributed by atoms with van der Waals surface area (Å²) in [4.78, 5) is 39.1. The fourth-order valence-corrected chi connectivity index (χ4v) is 5.63. The van der Waals surface area contributed by atoms with Crippen molar-refractivity contribution in [2.75, 3.05) is 25.4 Å². The Kier molecular flexibility index (Phi) is 6.89. The van der Waals surface area contributed by atoms with Crippen LogP contribution < -0.4 is 5.32 Å². The van der Waals surface area contributed by atoms with Crippen LogP contribution in [0, 0.1) is 5.41 Å². The minimum Gasteiger partial charge on any atom is -0.480 e. The lowest BCUT2D eigenvalue weighted by atomic mass is 9.85. The Hall–Kier alpha value is -3.00. The van der Waals surface area contributed by atoms with Crippen LogP contribution in [0.2, 0.25) is 0 Å². The maximum atomic E-state index is 13.3. The van der Waals surface area contributed by atoms with Crippen LogP contribution in [0.4, 0.5) is 4.79 Å². The van der Waals surface area contributed by atoms with Crippen LogP contribution in [0.25, 0.3) is 11.1 Å². The molecule has 2 aromatic rings. The molecule has 0 spiro atoms. The molecule has 1 fully saturated rings. The lowest BCUT2D eigenvalue weighted by molar-refractivity contribution is -0.139. The number of carboxylic acid groups (broad SMARTS) is 1. The molecule has 8 heteroatoms. The average molecular weight is 483 g/mol. The number of carbonyl (C=O) groups is 3. The van der Waals surface area contributed by atoms with Gasteiger partial charge in [0.15, 0.2) is 0 Å². The minimum absolute atomic E-state index is 0.0719. The van der Waals surface area contributed by atoms with Gasteiger partial charge in [-0.25, -0.2) is 4.79 Å². The topological polar surface area (TPSA) is 95.9 Å². The van der Waals surface area contributed by atoms with Crippen LogP contribution in [0.3, 0.4) is 0 Å². The second-order valence-corrected chi connectivity index (χ2v) is 11.1. The van der Waals surface area contributed by atoms with E-state index in [9.17, 15) is 19.5 Å². The average Bonchev–Trinajstić information content (AvgIpc) is 3.14. The lowest BCUT2D eigenvalue weighted by Gasteiger charge is -2.37. The number of nitrogens with one attached hydrogen (secondary N) is 1. The number of hydrogen-bond acceptors (Lipinski definition) is 5. The highest BCUT2D eigenvalue weighted by Crippen LogP contribution is 2.44. The van der Waals surface area contributed by atoms with Gasteiger partial charge in [-0.3, -0.25) is 9.59 Å². The summed E-state index contributed by atoms with van der Waals surface area (Å²) < 4.78 is 5.64. The number of carbonyl (C=O) groups excluding carboxylic acids is 2. The molecule has 1 saturated heterocycles. The summed E-state index contributed by atoms with van der Waals surface area (Å²) in [6.07, 6.45) is -0.656. The molecule has 7 nitrogen and oxygen atoms in total. The number of nitrogens with zero attached hydrogens (tertiary/aromatic N) is 1. The van der Waals surface area contributed by atoms with Crippen molar-refractivity contribution < 1.29 is 24.2 Å². The van der Waals surface area contributed by atoms with Crippen molar-refractivity contribution in [3.8, 4) is 11.1 Å². The molecule has 0 aromatic heterocycles. The molecule has 34 heavy (non-hydrogen) atoms. The predicted molar refractivity (Wildman–Crippen MR) is 132 cm³/mol. The molecule has 2 aliphatic rings. The number of thioether (sulfide) groups is 1. The molecule has 2 N–H and O–H groups in total. The van der Waals surface area contributed by atoms with Crippen LogP contribution in [0.5, 0.6) is 0 Å². The highest BCUT2D eigenvalue weighted by molar-refractivity contribution is 8.00. The van der Waals surface area contributed by atoms with Gasteiger partial charge in [0.25, 0.3) is 0 Å². The number of hydrogen-bond donors (Lipinski definition) is 2. The van der Waals surface area contributed by atoms with E-state index in [2.05, 4.69) is 29.6 Å². The summed E-state index contributed by atoms with van der Waals surface area (Å²) in [6.45, 7) is 6.34. The molecule has 1 heterocycles. The van der Waals surface area contributed by atoms with Crippen molar-refractivity contribution in [1.82, 2.24) is 10.2 Å². The van der Waals surface area contributed by atoms with Gasteiger partial charge in [0, 0.05) is 24.8 Å². The van der Waals surface area contributed by atoms with E-state index in [1.807, 2.05) is 45.0 Å². The number of rotatable bonds is 5. The highest BCUT2D eigenvalue weighted by atomic mass is 32.2. The molecule has 0 radical (unpaired) electrons. The van der Waals surface area contributed by atoms with E-state index in [0.29, 0.717) is 12.3 Å². The summed E-state index contributed by atoms with van der Waals surface area (Å²) in [7, 11) is 0. The molecule has 1 aliphatic carbocycles. The second kappa shape index (κ2) is 9.70. The third-order valence-electron chi connectivity index (χ3n) is 6.37. The fourth-order valence-electron chi connectivity index (χ4n) is 4.59. The molecule has 2 aromatic carbocycles. The van der Waals surface area contributed by atoms with E-state index >= 15 is 0 Å². The van der Waals surface area contributed by atoms with Crippen LogP contribution in [0.15, 0.2) is 48.5 Å². The third-order valence-corrected chi connectivity index (χ3v) is 7.54. The van der Waals surface area contributed by atoms with E-state index in [4.69, 9.17) is 4.74 Å². The van der Waals surface area contributed by atoms with Gasteiger partial charge in [0.2, 0.25) is 5.91 Å². The van der Waals surface area contributed by atoms with Crippen molar-refractivity contribution in [3.05, 3.63) is 59.7 Å². The molecule has 0 bridgehead atoms. The maximum Gasteiger partial charge on any atom is 0.407 e. The largest absolute Gasteiger partial charge is 0.480 e. The van der Waals surface area contributed by atoms with Crippen molar-refractivity contribution >= 4 is 29.7 Å². The predicted octanol–water partition coefficient (Wildman–Crippen LogP) is 3.97. The number of fused-ring (bicyclic) bond motifs is 3. The summed E-state index contributed by atoms with van der Waals surface area (Å²) in [6, 6.07) is 15.4. The standard InChI is InChI=1S/C26H30N2O5S/c1-26(2,3)22(23(29)28-12-13-34-21(14-28)24(30)31)27-25(32)33-15-20-18-10-6-4-8-16(18)17-9-5-7-11-19(17)20/h4-11,20-22H,12-15H2,1-3H3,(H,27,32)(H,30,31)/t21?,22-/m0/s1. The van der Waals surface area contributed by atoms with E-state index in [-0.39, 0.29) is 25.0 Å². The zero-order valence-electron chi connectivity index (χ0n) is 19.6. The first-order valence-electron chi connectivity index (χ1n) is 11.4. The van der Waals surface area contributed by atoms with E-state index in [1.165, 1.54) is 16.7 Å². The number of amides is 2. The minimum atomic E-state index is -0.931. The Morgan fingerprint density at radius 2 is 1.68 bits per heavy atom. The highest BCUT2D eigenvalue weighted by Gasteiger charge is 2.39. The van der Waals surface area contributed by atoms with Crippen molar-refractivity contribution in [2.24, 2.45) is 5.41 Å². The van der Waals surface area contributed by atoms with E-state index in [0.717, 1.165) is 22.3 Å². The van der Waals surface area contributed by atoms with Crippen LogP contribution in [-0.2, 0) is 14.3 Å². The molecule has 2 atom stereocenters. The number of carboxylic acids is 1. The monoisotopic (exact) mass is 482 g/mol. The zero-order valence-corrected chi connectivity index (χ0v) is 20.4. The number of benzene rings is 2. The van der Waals surface area contributed by atoms with Crippen LogP contribution in [-0.4, -0.2) is 64.7 Å². The fraction of sp³-hybridized carbons (Fsp3) is 0.423. The Morgan fingerprint density at radius 1 is 1.09 bits per heavy atom. The SMILES string of the molecule is CC(C)(C)[C@@H](NC(=O)OCC1c2ccccc2-c2ccccc21)C(=O)N1CCSC(C(=O)O)C1.